The number of fused-ring (bicyclic) bond motifs is 1. The first-order valence-electron chi connectivity index (χ1n) is 6.02. The Morgan fingerprint density at radius 2 is 2.32 bits per heavy atom. The lowest BCUT2D eigenvalue weighted by Gasteiger charge is -2.10. The van der Waals surface area contributed by atoms with Gasteiger partial charge in [0.1, 0.15) is 5.65 Å². The normalized spacial score (nSPS) is 10.6. The lowest BCUT2D eigenvalue weighted by Crippen LogP contribution is -2.02. The molecule has 96 valence electrons. The van der Waals surface area contributed by atoms with Gasteiger partial charge in [0.05, 0.1) is 12.8 Å². The third-order valence-electron chi connectivity index (χ3n) is 2.90. The first-order valence-corrected chi connectivity index (χ1v) is 6.02. The van der Waals surface area contributed by atoms with Crippen LogP contribution in [0.25, 0.3) is 11.0 Å². The number of nitrogens with one attached hydrogen (secondary N) is 2. The molecule has 3 aromatic heterocycles. The smallest absolute Gasteiger partial charge is 0.239 e. The van der Waals surface area contributed by atoms with Crippen molar-refractivity contribution in [2.24, 2.45) is 0 Å². The highest BCUT2D eigenvalue weighted by molar-refractivity contribution is 5.81. The van der Waals surface area contributed by atoms with Gasteiger partial charge in [-0.25, -0.2) is 0 Å². The fourth-order valence-electron chi connectivity index (χ4n) is 1.95. The minimum absolute atomic E-state index is 0.582. The van der Waals surface area contributed by atoms with E-state index in [4.69, 9.17) is 4.74 Å². The average Bonchev–Trinajstić information content (AvgIpc) is 2.92. The minimum atomic E-state index is 0.582. The lowest BCUT2D eigenvalue weighted by molar-refractivity contribution is 0.401. The van der Waals surface area contributed by atoms with Crippen LogP contribution in [0.3, 0.4) is 0 Å². The van der Waals surface area contributed by atoms with Gasteiger partial charge in [-0.2, -0.15) is 4.98 Å². The van der Waals surface area contributed by atoms with Crippen LogP contribution in [0.15, 0.2) is 42.9 Å². The highest BCUT2D eigenvalue weighted by Gasteiger charge is 2.07. The van der Waals surface area contributed by atoms with Gasteiger partial charge in [-0.3, -0.25) is 4.98 Å². The largest absolute Gasteiger partial charge is 0.479 e. The van der Waals surface area contributed by atoms with Gasteiger partial charge in [-0.05, 0) is 23.8 Å². The summed E-state index contributed by atoms with van der Waals surface area (Å²) in [7, 11) is 1.62. The number of nitrogens with zero attached hydrogens (tertiary/aromatic N) is 2. The molecule has 0 bridgehead atoms. The van der Waals surface area contributed by atoms with Gasteiger partial charge < -0.3 is 15.0 Å². The number of anilines is 1. The Kier molecular flexibility index (Phi) is 3.02. The summed E-state index contributed by atoms with van der Waals surface area (Å²) in [4.78, 5) is 11.6. The van der Waals surface area contributed by atoms with E-state index in [1.165, 1.54) is 0 Å². The average molecular weight is 254 g/mol. The highest BCUT2D eigenvalue weighted by Crippen LogP contribution is 2.26. The quantitative estimate of drug-likeness (QED) is 0.751. The van der Waals surface area contributed by atoms with Crippen molar-refractivity contribution >= 4 is 16.7 Å². The van der Waals surface area contributed by atoms with Gasteiger partial charge in [0.25, 0.3) is 0 Å². The number of H-pyrrole nitrogens is 1. The Morgan fingerprint density at radius 1 is 1.37 bits per heavy atom. The second-order valence-electron chi connectivity index (χ2n) is 4.18. The van der Waals surface area contributed by atoms with E-state index in [1.807, 2.05) is 36.7 Å². The lowest BCUT2D eigenvalue weighted by atomic mass is 10.2. The Morgan fingerprint density at radius 3 is 3.11 bits per heavy atom. The van der Waals surface area contributed by atoms with Gasteiger partial charge in [-0.15, -0.1) is 0 Å². The highest BCUT2D eigenvalue weighted by atomic mass is 16.5. The molecule has 0 aromatic carbocycles. The molecule has 3 aromatic rings. The van der Waals surface area contributed by atoms with E-state index in [0.717, 1.165) is 22.3 Å². The molecule has 0 amide bonds. The number of ether oxygens (including phenoxy) is 1. The van der Waals surface area contributed by atoms with Crippen molar-refractivity contribution < 1.29 is 4.74 Å². The summed E-state index contributed by atoms with van der Waals surface area (Å²) >= 11 is 0. The maximum Gasteiger partial charge on any atom is 0.239 e. The molecule has 0 atom stereocenters. The van der Waals surface area contributed by atoms with E-state index in [-0.39, 0.29) is 0 Å². The standard InChI is InChI=1S/C14H14N4O/c1-19-14-12(7-11-4-6-16-13(11)18-14)17-9-10-3-2-5-15-8-10/h2-8,17H,9H2,1H3,(H,16,18). The van der Waals surface area contributed by atoms with Crippen molar-refractivity contribution in [3.8, 4) is 5.88 Å². The molecule has 0 radical (unpaired) electrons. The van der Waals surface area contributed by atoms with Crippen LogP contribution in [0.5, 0.6) is 5.88 Å². The van der Waals surface area contributed by atoms with Crippen LogP contribution in [0.2, 0.25) is 0 Å². The van der Waals surface area contributed by atoms with Crippen LogP contribution in [0, 0.1) is 0 Å². The molecule has 0 saturated carbocycles. The van der Waals surface area contributed by atoms with E-state index in [0.29, 0.717) is 12.4 Å². The van der Waals surface area contributed by atoms with Crippen molar-refractivity contribution in [2.75, 3.05) is 12.4 Å². The molecule has 0 fully saturated rings. The van der Waals surface area contributed by atoms with Crippen molar-refractivity contribution in [1.29, 1.82) is 0 Å². The summed E-state index contributed by atoms with van der Waals surface area (Å²) in [6.07, 6.45) is 5.46. The summed E-state index contributed by atoms with van der Waals surface area (Å²) in [6.45, 7) is 0.682. The molecule has 0 saturated heterocycles. The molecular weight excluding hydrogens is 240 g/mol. The molecule has 5 nitrogen and oxygen atoms in total. The van der Waals surface area contributed by atoms with E-state index < -0.39 is 0 Å². The summed E-state index contributed by atoms with van der Waals surface area (Å²) in [5.74, 6) is 0.582. The van der Waals surface area contributed by atoms with Crippen LogP contribution in [-0.2, 0) is 6.54 Å². The molecule has 3 heterocycles. The topological polar surface area (TPSA) is 62.8 Å². The molecule has 2 N–H and O–H groups in total. The van der Waals surface area contributed by atoms with Crippen LogP contribution < -0.4 is 10.1 Å². The molecule has 19 heavy (non-hydrogen) atoms. The zero-order valence-electron chi connectivity index (χ0n) is 10.6. The van der Waals surface area contributed by atoms with Crippen molar-refractivity contribution in [3.63, 3.8) is 0 Å². The Bertz CT molecular complexity index is 678. The van der Waals surface area contributed by atoms with Crippen molar-refractivity contribution in [1.82, 2.24) is 15.0 Å². The van der Waals surface area contributed by atoms with Gasteiger partial charge in [0, 0.05) is 30.5 Å². The van der Waals surface area contributed by atoms with E-state index >= 15 is 0 Å². The first kappa shape index (κ1) is 11.5. The fourth-order valence-corrected chi connectivity index (χ4v) is 1.95. The number of aromatic nitrogens is 3. The van der Waals surface area contributed by atoms with Crippen LogP contribution in [0.1, 0.15) is 5.56 Å². The zero-order valence-corrected chi connectivity index (χ0v) is 10.6. The maximum atomic E-state index is 5.30. The predicted molar refractivity (Wildman–Crippen MR) is 74.2 cm³/mol. The van der Waals surface area contributed by atoms with E-state index in [9.17, 15) is 0 Å². The molecule has 0 unspecified atom stereocenters. The number of hydrogen-bond donors (Lipinski definition) is 2. The number of hydrogen-bond acceptors (Lipinski definition) is 4. The number of pyridine rings is 2. The third kappa shape index (κ3) is 2.35. The summed E-state index contributed by atoms with van der Waals surface area (Å²) in [6, 6.07) is 7.95. The predicted octanol–water partition coefficient (Wildman–Crippen LogP) is 2.58. The monoisotopic (exact) mass is 254 g/mol. The van der Waals surface area contributed by atoms with Crippen LogP contribution in [-0.4, -0.2) is 22.1 Å². The summed E-state index contributed by atoms with van der Waals surface area (Å²) in [5.41, 5.74) is 2.81. The van der Waals surface area contributed by atoms with Crippen molar-refractivity contribution in [3.05, 3.63) is 48.4 Å². The fraction of sp³-hybridized carbons (Fsp3) is 0.143. The molecular formula is C14H14N4O. The van der Waals surface area contributed by atoms with Gasteiger partial charge in [-0.1, -0.05) is 6.07 Å². The van der Waals surface area contributed by atoms with Crippen LogP contribution >= 0.6 is 0 Å². The van der Waals surface area contributed by atoms with Gasteiger partial charge in [0.2, 0.25) is 5.88 Å². The molecule has 0 aliphatic rings. The zero-order chi connectivity index (χ0) is 13.1. The third-order valence-corrected chi connectivity index (χ3v) is 2.90. The molecule has 0 spiro atoms. The Labute approximate surface area is 110 Å². The molecule has 5 heteroatoms. The Hall–Kier alpha value is -2.56. The van der Waals surface area contributed by atoms with Gasteiger partial charge >= 0.3 is 0 Å². The van der Waals surface area contributed by atoms with E-state index in [2.05, 4.69) is 20.3 Å². The first-order chi connectivity index (χ1) is 9.36. The maximum absolute atomic E-state index is 5.30. The molecule has 0 aliphatic heterocycles. The molecule has 0 aliphatic carbocycles. The number of aromatic amines is 1. The second-order valence-corrected chi connectivity index (χ2v) is 4.18. The van der Waals surface area contributed by atoms with Gasteiger partial charge in [0.15, 0.2) is 0 Å². The van der Waals surface area contributed by atoms with Crippen LogP contribution in [0.4, 0.5) is 5.69 Å². The minimum Gasteiger partial charge on any atom is -0.479 e. The SMILES string of the molecule is COc1nc2[nH]ccc2cc1NCc1cccnc1. The number of methoxy groups -OCH3 is 1. The Balaban J connectivity index is 1.86. The summed E-state index contributed by atoms with van der Waals surface area (Å²) in [5, 5.41) is 4.37. The summed E-state index contributed by atoms with van der Waals surface area (Å²) < 4.78 is 5.30. The molecule has 3 rings (SSSR count). The second kappa shape index (κ2) is 4.97. The van der Waals surface area contributed by atoms with E-state index in [1.54, 1.807) is 13.3 Å². The van der Waals surface area contributed by atoms with Crippen molar-refractivity contribution in [2.45, 2.75) is 6.54 Å². The number of rotatable bonds is 4.